The quantitative estimate of drug-likeness (QED) is 0.841. The normalized spacial score (nSPS) is 9.75. The van der Waals surface area contributed by atoms with Gasteiger partial charge in [-0.05, 0) is 12.8 Å². The van der Waals surface area contributed by atoms with Crippen LogP contribution in [0.2, 0.25) is 0 Å². The highest BCUT2D eigenvalue weighted by molar-refractivity contribution is 5.86. The van der Waals surface area contributed by atoms with Crippen molar-refractivity contribution < 1.29 is 4.79 Å². The van der Waals surface area contributed by atoms with Crippen LogP contribution in [0.15, 0.2) is 0 Å². The lowest BCUT2D eigenvalue weighted by molar-refractivity contribution is -0.114. The summed E-state index contributed by atoms with van der Waals surface area (Å²) in [6.07, 6.45) is 0. The minimum atomic E-state index is -0.0894. The van der Waals surface area contributed by atoms with Gasteiger partial charge in [-0.15, -0.1) is 0 Å². The summed E-state index contributed by atoms with van der Waals surface area (Å²) in [7, 11) is 1.90. The summed E-state index contributed by atoms with van der Waals surface area (Å²) in [4.78, 5) is 15.3. The van der Waals surface area contributed by atoms with E-state index in [0.717, 1.165) is 11.4 Å². The molecule has 92 valence electrons. The Balaban J connectivity index is 0.00000106. The van der Waals surface area contributed by atoms with Crippen LogP contribution >= 0.6 is 0 Å². The standard InChI is InChI=1S/C10H17N3O.C2H6/c1-6(2)9-7(3)13(5)10(12-9)11-8(4)14;1-2/h6H,1-5H3,(H,11,12,14);1-2H3. The SMILES string of the molecule is CC.CC(=O)Nc1nc(C(C)C)c(C)n1C. The highest BCUT2D eigenvalue weighted by Gasteiger charge is 2.13. The highest BCUT2D eigenvalue weighted by Crippen LogP contribution is 2.20. The van der Waals surface area contributed by atoms with Crippen molar-refractivity contribution in [2.45, 2.75) is 47.5 Å². The Morgan fingerprint density at radius 1 is 1.38 bits per heavy atom. The van der Waals surface area contributed by atoms with E-state index < -0.39 is 0 Å². The molecule has 0 aromatic carbocycles. The van der Waals surface area contributed by atoms with Crippen LogP contribution in [0.5, 0.6) is 0 Å². The minimum absolute atomic E-state index is 0.0894. The van der Waals surface area contributed by atoms with Crippen LogP contribution in [-0.4, -0.2) is 15.5 Å². The summed E-state index contributed by atoms with van der Waals surface area (Å²) in [5.74, 6) is 0.913. The molecule has 0 spiro atoms. The third kappa shape index (κ3) is 3.36. The average molecular weight is 225 g/mol. The largest absolute Gasteiger partial charge is 0.317 e. The highest BCUT2D eigenvalue weighted by atomic mass is 16.1. The third-order valence-electron chi connectivity index (χ3n) is 2.25. The number of carbonyl (C=O) groups is 1. The molecule has 4 heteroatoms. The lowest BCUT2D eigenvalue weighted by Gasteiger charge is -2.02. The molecule has 0 atom stereocenters. The Hall–Kier alpha value is -1.32. The first-order chi connectivity index (χ1) is 7.43. The number of hydrogen-bond acceptors (Lipinski definition) is 2. The topological polar surface area (TPSA) is 46.9 Å². The van der Waals surface area contributed by atoms with Crippen molar-refractivity contribution in [1.29, 1.82) is 0 Å². The molecule has 4 nitrogen and oxygen atoms in total. The summed E-state index contributed by atoms with van der Waals surface area (Å²) >= 11 is 0. The van der Waals surface area contributed by atoms with E-state index in [1.165, 1.54) is 6.92 Å². The third-order valence-corrected chi connectivity index (χ3v) is 2.25. The van der Waals surface area contributed by atoms with Crippen molar-refractivity contribution in [3.8, 4) is 0 Å². The first-order valence-electron chi connectivity index (χ1n) is 5.74. The zero-order chi connectivity index (χ0) is 12.9. The second kappa shape index (κ2) is 6.30. The fourth-order valence-corrected chi connectivity index (χ4v) is 1.42. The molecular weight excluding hydrogens is 202 g/mol. The molecule has 1 aromatic heterocycles. The number of rotatable bonds is 2. The van der Waals surface area contributed by atoms with Gasteiger partial charge in [0.25, 0.3) is 0 Å². The molecule has 0 saturated heterocycles. The lowest BCUT2D eigenvalue weighted by Crippen LogP contribution is -2.10. The molecule has 1 rings (SSSR count). The maximum absolute atomic E-state index is 10.9. The van der Waals surface area contributed by atoms with E-state index in [2.05, 4.69) is 24.1 Å². The van der Waals surface area contributed by atoms with Crippen LogP contribution < -0.4 is 5.32 Å². The van der Waals surface area contributed by atoms with E-state index in [9.17, 15) is 4.79 Å². The van der Waals surface area contributed by atoms with E-state index >= 15 is 0 Å². The molecule has 0 aliphatic heterocycles. The second-order valence-corrected chi connectivity index (χ2v) is 3.80. The number of hydrogen-bond donors (Lipinski definition) is 1. The van der Waals surface area contributed by atoms with Gasteiger partial charge in [-0.2, -0.15) is 0 Å². The molecule has 16 heavy (non-hydrogen) atoms. The molecule has 0 aliphatic carbocycles. The van der Waals surface area contributed by atoms with Gasteiger partial charge in [0.15, 0.2) is 0 Å². The van der Waals surface area contributed by atoms with E-state index in [1.807, 2.05) is 32.4 Å². The molecule has 1 N–H and O–H groups in total. The molecule has 1 heterocycles. The number of nitrogens with zero attached hydrogens (tertiary/aromatic N) is 2. The summed E-state index contributed by atoms with van der Waals surface area (Å²) < 4.78 is 1.90. The monoisotopic (exact) mass is 225 g/mol. The van der Waals surface area contributed by atoms with E-state index in [1.54, 1.807) is 0 Å². The maximum atomic E-state index is 10.9. The predicted molar refractivity (Wildman–Crippen MR) is 67.7 cm³/mol. The maximum Gasteiger partial charge on any atom is 0.223 e. The van der Waals surface area contributed by atoms with E-state index in [-0.39, 0.29) is 5.91 Å². The predicted octanol–water partition coefficient (Wildman–Crippen LogP) is 2.84. The Kier molecular flexibility index (Phi) is 5.78. The first-order valence-corrected chi connectivity index (χ1v) is 5.74. The van der Waals surface area contributed by atoms with Crippen LogP contribution in [0, 0.1) is 6.92 Å². The Labute approximate surface area is 98.1 Å². The van der Waals surface area contributed by atoms with Crippen molar-refractivity contribution in [2.24, 2.45) is 7.05 Å². The number of anilines is 1. The average Bonchev–Trinajstić information content (AvgIpc) is 2.48. The Bertz CT molecular complexity index is 353. The van der Waals surface area contributed by atoms with Crippen molar-refractivity contribution in [1.82, 2.24) is 9.55 Å². The number of amides is 1. The first kappa shape index (κ1) is 14.7. The van der Waals surface area contributed by atoms with Crippen LogP contribution in [0.3, 0.4) is 0 Å². The zero-order valence-corrected chi connectivity index (χ0v) is 11.4. The number of nitrogens with one attached hydrogen (secondary N) is 1. The molecule has 0 bridgehead atoms. The van der Waals surface area contributed by atoms with Gasteiger partial charge in [-0.25, -0.2) is 4.98 Å². The van der Waals surface area contributed by atoms with Crippen LogP contribution in [-0.2, 0) is 11.8 Å². The molecule has 0 saturated carbocycles. The van der Waals surface area contributed by atoms with Crippen molar-refractivity contribution in [3.05, 3.63) is 11.4 Å². The molecule has 0 aliphatic rings. The van der Waals surface area contributed by atoms with Gasteiger partial charge in [0.2, 0.25) is 11.9 Å². The number of aromatic nitrogens is 2. The molecule has 0 fully saturated rings. The fraction of sp³-hybridized carbons (Fsp3) is 0.667. The molecule has 0 radical (unpaired) electrons. The Morgan fingerprint density at radius 2 is 1.88 bits per heavy atom. The van der Waals surface area contributed by atoms with Gasteiger partial charge >= 0.3 is 0 Å². The van der Waals surface area contributed by atoms with E-state index in [0.29, 0.717) is 11.9 Å². The molecule has 1 amide bonds. The number of imidazole rings is 1. The number of carbonyl (C=O) groups excluding carboxylic acids is 1. The molecular formula is C12H23N3O. The van der Waals surface area contributed by atoms with Gasteiger partial charge in [0, 0.05) is 19.7 Å². The van der Waals surface area contributed by atoms with Crippen molar-refractivity contribution >= 4 is 11.9 Å². The summed E-state index contributed by atoms with van der Waals surface area (Å²) in [5, 5.41) is 2.70. The summed E-state index contributed by atoms with van der Waals surface area (Å²) in [6.45, 7) is 11.7. The van der Waals surface area contributed by atoms with E-state index in [4.69, 9.17) is 0 Å². The van der Waals surface area contributed by atoms with Gasteiger partial charge in [0.05, 0.1) is 5.69 Å². The van der Waals surface area contributed by atoms with Crippen LogP contribution in [0.1, 0.15) is 51.9 Å². The van der Waals surface area contributed by atoms with Crippen LogP contribution in [0.4, 0.5) is 5.95 Å². The second-order valence-electron chi connectivity index (χ2n) is 3.80. The van der Waals surface area contributed by atoms with Gasteiger partial charge in [-0.3, -0.25) is 10.1 Å². The molecule has 0 unspecified atom stereocenters. The van der Waals surface area contributed by atoms with Gasteiger partial charge in [-0.1, -0.05) is 27.7 Å². The summed E-state index contributed by atoms with van der Waals surface area (Å²) in [6, 6.07) is 0. The lowest BCUT2D eigenvalue weighted by atomic mass is 10.1. The zero-order valence-electron chi connectivity index (χ0n) is 11.4. The summed E-state index contributed by atoms with van der Waals surface area (Å²) in [5.41, 5.74) is 2.14. The van der Waals surface area contributed by atoms with Crippen molar-refractivity contribution in [2.75, 3.05) is 5.32 Å². The van der Waals surface area contributed by atoms with Crippen molar-refractivity contribution in [3.63, 3.8) is 0 Å². The minimum Gasteiger partial charge on any atom is -0.317 e. The van der Waals surface area contributed by atoms with Crippen LogP contribution in [0.25, 0.3) is 0 Å². The van der Waals surface area contributed by atoms with Gasteiger partial charge < -0.3 is 4.57 Å². The fourth-order valence-electron chi connectivity index (χ4n) is 1.42. The smallest absolute Gasteiger partial charge is 0.223 e. The van der Waals surface area contributed by atoms with Gasteiger partial charge in [0.1, 0.15) is 0 Å². The Morgan fingerprint density at radius 3 is 2.19 bits per heavy atom. The molecule has 1 aromatic rings.